The van der Waals surface area contributed by atoms with E-state index >= 15 is 0 Å². The Bertz CT molecular complexity index is 1400. The van der Waals surface area contributed by atoms with Crippen molar-refractivity contribution >= 4 is 23.6 Å². The Morgan fingerprint density at radius 2 is 1.57 bits per heavy atom. The Morgan fingerprint density at radius 1 is 0.943 bits per heavy atom. The molecule has 1 aromatic heterocycles. The zero-order valence-corrected chi connectivity index (χ0v) is 18.8. The van der Waals surface area contributed by atoms with Crippen LogP contribution >= 0.6 is 0 Å². The van der Waals surface area contributed by atoms with Crippen LogP contribution in [-0.4, -0.2) is 25.5 Å². The van der Waals surface area contributed by atoms with Gasteiger partial charge in [-0.15, -0.1) is 0 Å². The number of fused-ring (bicyclic) bond motifs is 1. The number of imidazole rings is 1. The van der Waals surface area contributed by atoms with E-state index < -0.39 is 17.8 Å². The number of aliphatic hydroxyl groups is 1. The van der Waals surface area contributed by atoms with Gasteiger partial charge in [0.1, 0.15) is 29.0 Å². The number of nitrogens with zero attached hydrogens (tertiary/aromatic N) is 3. The number of amides is 1. The Kier molecular flexibility index (Phi) is 5.88. The van der Waals surface area contributed by atoms with Crippen LogP contribution in [0.4, 0.5) is 20.3 Å². The van der Waals surface area contributed by atoms with Crippen LogP contribution in [0.25, 0.3) is 17.5 Å². The number of anilines is 2. The van der Waals surface area contributed by atoms with Crippen molar-refractivity contribution in [1.82, 2.24) is 14.5 Å². The van der Waals surface area contributed by atoms with Gasteiger partial charge in [0.05, 0.1) is 6.54 Å². The fraction of sp³-hybridized carbons (Fsp3) is 0.111. The average molecular weight is 472 g/mol. The molecule has 8 heteroatoms. The molecule has 1 aliphatic rings. The molecule has 176 valence electrons. The Balaban J connectivity index is 1.48. The molecule has 1 amide bonds. The summed E-state index contributed by atoms with van der Waals surface area (Å²) in [7, 11) is 0. The number of hydrogen-bond acceptors (Lipinski definition) is 4. The van der Waals surface area contributed by atoms with Crippen LogP contribution in [0.2, 0.25) is 0 Å². The molecule has 0 fully saturated rings. The van der Waals surface area contributed by atoms with Crippen LogP contribution in [0.3, 0.4) is 0 Å². The van der Waals surface area contributed by atoms with Gasteiger partial charge in [0.2, 0.25) is 0 Å². The second-order valence-electron chi connectivity index (χ2n) is 8.31. The molecular formula is C27H22F2N4O2. The van der Waals surface area contributed by atoms with Crippen molar-refractivity contribution in [1.29, 1.82) is 0 Å². The highest BCUT2D eigenvalue weighted by molar-refractivity contribution is 5.84. The number of halogens is 2. The van der Waals surface area contributed by atoms with E-state index in [1.807, 2.05) is 35.8 Å². The van der Waals surface area contributed by atoms with E-state index in [1.54, 1.807) is 24.5 Å². The number of carbonyl (C=O) groups is 1. The second kappa shape index (κ2) is 9.15. The van der Waals surface area contributed by atoms with Crippen LogP contribution in [0.5, 0.6) is 0 Å². The lowest BCUT2D eigenvalue weighted by atomic mass is 10.1. The van der Waals surface area contributed by atoms with E-state index in [4.69, 9.17) is 4.98 Å². The van der Waals surface area contributed by atoms with Crippen molar-refractivity contribution < 1.29 is 18.7 Å². The minimum atomic E-state index is -1.44. The van der Waals surface area contributed by atoms with Crippen LogP contribution in [0.15, 0.2) is 79.0 Å². The molecule has 4 aromatic rings. The first kappa shape index (κ1) is 22.5. The van der Waals surface area contributed by atoms with E-state index in [1.165, 1.54) is 41.3 Å². The first-order valence-corrected chi connectivity index (χ1v) is 11.0. The van der Waals surface area contributed by atoms with Gasteiger partial charge < -0.3 is 15.3 Å². The molecule has 2 heterocycles. The molecule has 0 saturated heterocycles. The van der Waals surface area contributed by atoms with Crippen molar-refractivity contribution in [3.63, 3.8) is 0 Å². The summed E-state index contributed by atoms with van der Waals surface area (Å²) in [4.78, 5) is 19.1. The monoisotopic (exact) mass is 472 g/mol. The van der Waals surface area contributed by atoms with Gasteiger partial charge in [-0.3, -0.25) is 9.36 Å². The molecule has 1 aliphatic heterocycles. The van der Waals surface area contributed by atoms with E-state index in [0.717, 1.165) is 11.3 Å². The number of benzene rings is 3. The van der Waals surface area contributed by atoms with Crippen LogP contribution < -0.4 is 5.32 Å². The number of rotatable bonds is 5. The summed E-state index contributed by atoms with van der Waals surface area (Å²) in [5, 5.41) is 13.9. The highest BCUT2D eigenvalue weighted by atomic mass is 19.1. The summed E-state index contributed by atoms with van der Waals surface area (Å²) in [6, 6.07) is 19.1. The molecule has 5 rings (SSSR count). The van der Waals surface area contributed by atoms with Crippen molar-refractivity contribution in [2.24, 2.45) is 0 Å². The lowest BCUT2D eigenvalue weighted by Crippen LogP contribution is -2.33. The average Bonchev–Trinajstić information content (AvgIpc) is 3.23. The lowest BCUT2D eigenvalue weighted by molar-refractivity contribution is -0.138. The maximum absolute atomic E-state index is 13.6. The number of nitrogens with one attached hydrogen (secondary N) is 1. The third-order valence-corrected chi connectivity index (χ3v) is 5.83. The summed E-state index contributed by atoms with van der Waals surface area (Å²) < 4.78 is 28.6. The summed E-state index contributed by atoms with van der Waals surface area (Å²) >= 11 is 0. The molecule has 35 heavy (non-hydrogen) atoms. The van der Waals surface area contributed by atoms with Gasteiger partial charge in [0.25, 0.3) is 5.91 Å². The van der Waals surface area contributed by atoms with Gasteiger partial charge >= 0.3 is 0 Å². The normalized spacial score (nSPS) is 13.4. The summed E-state index contributed by atoms with van der Waals surface area (Å²) in [6.45, 7) is 2.11. The maximum atomic E-state index is 13.6. The van der Waals surface area contributed by atoms with Gasteiger partial charge in [0, 0.05) is 23.7 Å². The van der Waals surface area contributed by atoms with Crippen LogP contribution in [-0.2, 0) is 11.3 Å². The van der Waals surface area contributed by atoms with Crippen LogP contribution in [0, 0.1) is 18.6 Å². The van der Waals surface area contributed by atoms with Crippen molar-refractivity contribution in [3.8, 4) is 11.3 Å². The number of aliphatic hydroxyl groups excluding tert-OH is 1. The quantitative estimate of drug-likeness (QED) is 0.409. The Labute approximate surface area is 200 Å². The number of hydrogen-bond donors (Lipinski definition) is 2. The zero-order valence-electron chi connectivity index (χ0n) is 18.8. The molecule has 1 atom stereocenters. The largest absolute Gasteiger partial charge is 0.378 e. The van der Waals surface area contributed by atoms with Gasteiger partial charge in [-0.25, -0.2) is 13.8 Å². The third-order valence-electron chi connectivity index (χ3n) is 5.83. The molecule has 1 unspecified atom stereocenters. The van der Waals surface area contributed by atoms with Gasteiger partial charge in [0.15, 0.2) is 6.10 Å². The fourth-order valence-corrected chi connectivity index (χ4v) is 3.90. The molecule has 0 radical (unpaired) electrons. The molecule has 2 N–H and O–H groups in total. The van der Waals surface area contributed by atoms with E-state index in [9.17, 15) is 18.7 Å². The fourth-order valence-electron chi connectivity index (χ4n) is 3.90. The van der Waals surface area contributed by atoms with Gasteiger partial charge in [-0.05, 0) is 61.0 Å². The lowest BCUT2D eigenvalue weighted by Gasteiger charge is -2.25. The third kappa shape index (κ3) is 4.56. The predicted molar refractivity (Wildman–Crippen MR) is 129 cm³/mol. The molecule has 0 saturated carbocycles. The van der Waals surface area contributed by atoms with E-state index in [-0.39, 0.29) is 12.4 Å². The first-order valence-electron chi connectivity index (χ1n) is 11.0. The standard InChI is InChI=1S/C27H22F2N4O2/c1-17-2-12-22(13-3-17)30-26-24(18-4-8-20(28)9-5-18)31-23-16-32(14-15-33(23)26)27(35)25(34)19-6-10-21(29)11-7-19/h2-15,25,30,34H,16H2,1H3. The topological polar surface area (TPSA) is 70.4 Å². The Hall–Kier alpha value is -4.30. The highest BCUT2D eigenvalue weighted by Gasteiger charge is 2.28. The minimum absolute atomic E-state index is 0.108. The van der Waals surface area contributed by atoms with Crippen molar-refractivity contribution in [3.05, 3.63) is 108 Å². The molecule has 0 spiro atoms. The summed E-state index contributed by atoms with van der Waals surface area (Å²) in [5.41, 5.74) is 3.57. The molecular weight excluding hydrogens is 450 g/mol. The maximum Gasteiger partial charge on any atom is 0.260 e. The van der Waals surface area contributed by atoms with Crippen molar-refractivity contribution in [2.75, 3.05) is 5.32 Å². The van der Waals surface area contributed by atoms with Crippen molar-refractivity contribution in [2.45, 2.75) is 19.6 Å². The summed E-state index contributed by atoms with van der Waals surface area (Å²) in [6.07, 6.45) is 1.81. The number of aromatic nitrogens is 2. The molecule has 3 aromatic carbocycles. The van der Waals surface area contributed by atoms with Gasteiger partial charge in [-0.1, -0.05) is 29.8 Å². The first-order chi connectivity index (χ1) is 16.9. The molecule has 0 aliphatic carbocycles. The van der Waals surface area contributed by atoms with Gasteiger partial charge in [-0.2, -0.15) is 0 Å². The SMILES string of the molecule is Cc1ccc(Nc2c(-c3ccc(F)cc3)nc3n2C=CN(C(=O)C(O)c2ccc(F)cc2)C3)cc1. The Morgan fingerprint density at radius 3 is 2.23 bits per heavy atom. The smallest absolute Gasteiger partial charge is 0.260 e. The van der Waals surface area contributed by atoms with E-state index in [2.05, 4.69) is 5.32 Å². The molecule has 6 nitrogen and oxygen atoms in total. The zero-order chi connectivity index (χ0) is 24.5. The number of aryl methyl sites for hydroxylation is 1. The highest BCUT2D eigenvalue weighted by Crippen LogP contribution is 2.34. The van der Waals surface area contributed by atoms with E-state index in [0.29, 0.717) is 28.5 Å². The number of carbonyl (C=O) groups excluding carboxylic acids is 1. The minimum Gasteiger partial charge on any atom is -0.378 e. The molecule has 0 bridgehead atoms. The summed E-state index contributed by atoms with van der Waals surface area (Å²) in [5.74, 6) is -0.134. The van der Waals surface area contributed by atoms with Crippen LogP contribution in [0.1, 0.15) is 23.1 Å². The predicted octanol–water partition coefficient (Wildman–Crippen LogP) is 5.38. The second-order valence-corrected chi connectivity index (χ2v) is 8.31.